The normalized spacial score (nSPS) is 20.1. The predicted octanol–water partition coefficient (Wildman–Crippen LogP) is 2.01. The Bertz CT molecular complexity index is 431. The molecule has 18 heavy (non-hydrogen) atoms. The van der Waals surface area contributed by atoms with Crippen molar-refractivity contribution in [3.63, 3.8) is 0 Å². The number of hydrogen-bond acceptors (Lipinski definition) is 5. The maximum atomic E-state index is 11.0. The Morgan fingerprint density at radius 2 is 2.44 bits per heavy atom. The fourth-order valence-electron chi connectivity index (χ4n) is 2.33. The molecule has 0 bridgehead atoms. The second-order valence-electron chi connectivity index (χ2n) is 4.63. The van der Waals surface area contributed by atoms with Gasteiger partial charge in [-0.25, -0.2) is 9.78 Å². The molecule has 100 valence electrons. The van der Waals surface area contributed by atoms with Crippen LogP contribution in [0.25, 0.3) is 0 Å². The minimum absolute atomic E-state index is 0.346. The van der Waals surface area contributed by atoms with Crippen LogP contribution >= 0.6 is 11.3 Å². The van der Waals surface area contributed by atoms with Crippen molar-refractivity contribution < 1.29 is 14.6 Å². The molecule has 1 aliphatic heterocycles. The van der Waals surface area contributed by atoms with E-state index in [0.29, 0.717) is 16.5 Å². The average Bonchev–Trinajstić information content (AvgIpc) is 2.72. The summed E-state index contributed by atoms with van der Waals surface area (Å²) in [7, 11) is 1.72. The highest BCUT2D eigenvalue weighted by Crippen LogP contribution is 2.29. The summed E-state index contributed by atoms with van der Waals surface area (Å²) >= 11 is 1.27. The van der Waals surface area contributed by atoms with Crippen LogP contribution < -0.4 is 4.90 Å². The molecule has 1 atom stereocenters. The molecular formula is C12H18N2O3S. The van der Waals surface area contributed by atoms with Crippen LogP contribution in [0.15, 0.2) is 0 Å². The molecule has 2 rings (SSSR count). The largest absolute Gasteiger partial charge is 0.477 e. The number of thiazole rings is 1. The highest BCUT2D eigenvalue weighted by molar-refractivity contribution is 7.17. The summed E-state index contributed by atoms with van der Waals surface area (Å²) in [6.45, 7) is 4.36. The summed E-state index contributed by atoms with van der Waals surface area (Å²) < 4.78 is 5.19. The Kier molecular flexibility index (Phi) is 4.19. The number of aromatic nitrogens is 1. The fraction of sp³-hybridized carbons (Fsp3) is 0.667. The van der Waals surface area contributed by atoms with E-state index < -0.39 is 5.97 Å². The lowest BCUT2D eigenvalue weighted by molar-refractivity contribution is 0.0701. The number of carbonyl (C=O) groups is 1. The molecule has 1 aliphatic rings. The Hall–Kier alpha value is -1.14. The van der Waals surface area contributed by atoms with Gasteiger partial charge in [0, 0.05) is 20.2 Å². The van der Waals surface area contributed by atoms with Crippen LogP contribution in [-0.4, -0.2) is 42.9 Å². The molecular weight excluding hydrogens is 252 g/mol. The van der Waals surface area contributed by atoms with Gasteiger partial charge in [0.15, 0.2) is 5.13 Å². The van der Waals surface area contributed by atoms with Crippen molar-refractivity contribution >= 4 is 22.4 Å². The lowest BCUT2D eigenvalue weighted by Gasteiger charge is -2.32. The minimum Gasteiger partial charge on any atom is -0.477 e. The van der Waals surface area contributed by atoms with E-state index in [4.69, 9.17) is 9.84 Å². The molecule has 0 aromatic carbocycles. The summed E-state index contributed by atoms with van der Waals surface area (Å²) in [5.74, 6) is -0.372. The number of aromatic carboxylic acids is 1. The van der Waals surface area contributed by atoms with Gasteiger partial charge in [0.1, 0.15) is 4.88 Å². The van der Waals surface area contributed by atoms with Gasteiger partial charge in [-0.3, -0.25) is 0 Å². The van der Waals surface area contributed by atoms with Crippen molar-refractivity contribution in [1.29, 1.82) is 0 Å². The van der Waals surface area contributed by atoms with Gasteiger partial charge in [0.05, 0.1) is 12.3 Å². The topological polar surface area (TPSA) is 62.7 Å². The number of carboxylic acid groups (broad SMARTS) is 1. The quantitative estimate of drug-likeness (QED) is 0.906. The Labute approximate surface area is 110 Å². The minimum atomic E-state index is -0.887. The van der Waals surface area contributed by atoms with Gasteiger partial charge in [-0.2, -0.15) is 0 Å². The fourth-order valence-corrected chi connectivity index (χ4v) is 3.27. The zero-order chi connectivity index (χ0) is 13.1. The Morgan fingerprint density at radius 3 is 3.06 bits per heavy atom. The molecule has 1 saturated heterocycles. The van der Waals surface area contributed by atoms with Crippen LogP contribution in [0.3, 0.4) is 0 Å². The van der Waals surface area contributed by atoms with E-state index in [0.717, 1.165) is 31.2 Å². The molecule has 6 heteroatoms. The molecule has 0 amide bonds. The standard InChI is InChI=1S/C12H18N2O3S/c1-8-10(11(15)16)18-12(13-8)14-5-3-4-9(6-14)7-17-2/h9H,3-7H2,1-2H3,(H,15,16). The molecule has 5 nitrogen and oxygen atoms in total. The zero-order valence-electron chi connectivity index (χ0n) is 10.7. The SMILES string of the molecule is COCC1CCCN(c2nc(C)c(C(=O)O)s2)C1. The molecule has 1 unspecified atom stereocenters. The maximum absolute atomic E-state index is 11.0. The van der Waals surface area contributed by atoms with Crippen LogP contribution in [0.1, 0.15) is 28.2 Å². The highest BCUT2D eigenvalue weighted by atomic mass is 32.1. The van der Waals surface area contributed by atoms with Gasteiger partial charge < -0.3 is 14.7 Å². The summed E-state index contributed by atoms with van der Waals surface area (Å²) in [5.41, 5.74) is 0.608. The van der Waals surface area contributed by atoms with E-state index in [2.05, 4.69) is 9.88 Å². The van der Waals surface area contributed by atoms with E-state index in [1.807, 2.05) is 0 Å². The van der Waals surface area contributed by atoms with Crippen LogP contribution in [-0.2, 0) is 4.74 Å². The molecule has 0 radical (unpaired) electrons. The third-order valence-corrected chi connectivity index (χ3v) is 4.38. The molecule has 0 saturated carbocycles. The van der Waals surface area contributed by atoms with Gasteiger partial charge in [0.25, 0.3) is 0 Å². The second kappa shape index (κ2) is 5.67. The van der Waals surface area contributed by atoms with Gasteiger partial charge in [-0.1, -0.05) is 11.3 Å². The van der Waals surface area contributed by atoms with Crippen molar-refractivity contribution in [1.82, 2.24) is 4.98 Å². The van der Waals surface area contributed by atoms with Gasteiger partial charge >= 0.3 is 5.97 Å². The van der Waals surface area contributed by atoms with Crippen molar-refractivity contribution in [3.05, 3.63) is 10.6 Å². The van der Waals surface area contributed by atoms with Crippen LogP contribution in [0.5, 0.6) is 0 Å². The number of hydrogen-bond donors (Lipinski definition) is 1. The third kappa shape index (κ3) is 2.81. The monoisotopic (exact) mass is 270 g/mol. The molecule has 0 aliphatic carbocycles. The lowest BCUT2D eigenvalue weighted by Crippen LogP contribution is -2.37. The Morgan fingerprint density at radius 1 is 1.67 bits per heavy atom. The number of nitrogens with zero attached hydrogens (tertiary/aromatic N) is 2. The number of ether oxygens (including phenoxy) is 1. The summed E-state index contributed by atoms with van der Waals surface area (Å²) in [6.07, 6.45) is 2.27. The Balaban J connectivity index is 2.11. The number of rotatable bonds is 4. The number of piperidine rings is 1. The van der Waals surface area contributed by atoms with Gasteiger partial charge in [-0.05, 0) is 25.7 Å². The second-order valence-corrected chi connectivity index (χ2v) is 5.60. The van der Waals surface area contributed by atoms with E-state index in [9.17, 15) is 4.79 Å². The zero-order valence-corrected chi connectivity index (χ0v) is 11.5. The van der Waals surface area contributed by atoms with Crippen LogP contribution in [0, 0.1) is 12.8 Å². The highest BCUT2D eigenvalue weighted by Gasteiger charge is 2.24. The molecule has 1 aromatic heterocycles. The molecule has 1 aromatic rings. The van der Waals surface area contributed by atoms with E-state index >= 15 is 0 Å². The summed E-state index contributed by atoms with van der Waals surface area (Å²) in [4.78, 5) is 17.9. The van der Waals surface area contributed by atoms with Crippen molar-refractivity contribution in [3.8, 4) is 0 Å². The molecule has 1 fully saturated rings. The van der Waals surface area contributed by atoms with Crippen LogP contribution in [0.4, 0.5) is 5.13 Å². The van der Waals surface area contributed by atoms with Gasteiger partial charge in [-0.15, -0.1) is 0 Å². The number of methoxy groups -OCH3 is 1. The first-order chi connectivity index (χ1) is 8.61. The number of aryl methyl sites for hydroxylation is 1. The van der Waals surface area contributed by atoms with Gasteiger partial charge in [0.2, 0.25) is 0 Å². The van der Waals surface area contributed by atoms with Crippen molar-refractivity contribution in [2.75, 3.05) is 31.7 Å². The van der Waals surface area contributed by atoms with Crippen molar-refractivity contribution in [2.24, 2.45) is 5.92 Å². The maximum Gasteiger partial charge on any atom is 0.347 e. The molecule has 1 N–H and O–H groups in total. The number of carboxylic acids is 1. The molecule has 0 spiro atoms. The van der Waals surface area contributed by atoms with E-state index in [-0.39, 0.29) is 0 Å². The first-order valence-electron chi connectivity index (χ1n) is 6.06. The lowest BCUT2D eigenvalue weighted by atomic mass is 9.99. The predicted molar refractivity (Wildman–Crippen MR) is 70.6 cm³/mol. The summed E-state index contributed by atoms with van der Waals surface area (Å²) in [6, 6.07) is 0. The third-order valence-electron chi connectivity index (χ3n) is 3.17. The van der Waals surface area contributed by atoms with E-state index in [1.54, 1.807) is 14.0 Å². The average molecular weight is 270 g/mol. The first-order valence-corrected chi connectivity index (χ1v) is 6.88. The molecule has 2 heterocycles. The first kappa shape index (κ1) is 13.3. The van der Waals surface area contributed by atoms with E-state index in [1.165, 1.54) is 17.8 Å². The smallest absolute Gasteiger partial charge is 0.347 e. The van der Waals surface area contributed by atoms with Crippen molar-refractivity contribution in [2.45, 2.75) is 19.8 Å². The van der Waals surface area contributed by atoms with Crippen LogP contribution in [0.2, 0.25) is 0 Å². The summed E-state index contributed by atoms with van der Waals surface area (Å²) in [5, 5.41) is 9.87. The number of anilines is 1.